The number of ether oxygens (including phenoxy) is 1. The van der Waals surface area contributed by atoms with Gasteiger partial charge in [0.15, 0.2) is 0 Å². The van der Waals surface area contributed by atoms with Gasteiger partial charge in [-0.1, -0.05) is 13.8 Å². The van der Waals surface area contributed by atoms with Crippen LogP contribution in [0.4, 0.5) is 0 Å². The summed E-state index contributed by atoms with van der Waals surface area (Å²) in [7, 11) is -2.32. The minimum Gasteiger partial charge on any atom is -0.496 e. The van der Waals surface area contributed by atoms with Crippen LogP contribution < -0.4 is 4.74 Å². The van der Waals surface area contributed by atoms with Gasteiger partial charge in [0.25, 0.3) is 0 Å². The first kappa shape index (κ1) is 18.7. The van der Waals surface area contributed by atoms with Crippen molar-refractivity contribution in [2.75, 3.05) is 13.7 Å². The molecule has 2 rings (SSSR count). The van der Waals surface area contributed by atoms with Gasteiger partial charge in [0, 0.05) is 6.54 Å². The van der Waals surface area contributed by atoms with Crippen molar-refractivity contribution in [1.82, 2.24) is 4.31 Å². The van der Waals surface area contributed by atoms with Gasteiger partial charge < -0.3 is 9.84 Å². The van der Waals surface area contributed by atoms with E-state index in [0.29, 0.717) is 24.2 Å². The van der Waals surface area contributed by atoms with E-state index < -0.39 is 22.0 Å². The molecule has 6 nitrogen and oxygen atoms in total. The Kier molecular flexibility index (Phi) is 5.55. The molecule has 1 saturated heterocycles. The van der Waals surface area contributed by atoms with Crippen LogP contribution in [0.25, 0.3) is 0 Å². The third-order valence-corrected chi connectivity index (χ3v) is 6.52. The van der Waals surface area contributed by atoms with Crippen LogP contribution in [0, 0.1) is 6.92 Å². The van der Waals surface area contributed by atoms with E-state index in [4.69, 9.17) is 4.74 Å². The maximum Gasteiger partial charge on any atom is 0.322 e. The largest absolute Gasteiger partial charge is 0.496 e. The molecule has 1 unspecified atom stereocenters. The molecule has 1 atom stereocenters. The molecule has 0 bridgehead atoms. The molecule has 1 N–H and O–H groups in total. The van der Waals surface area contributed by atoms with Crippen LogP contribution in [-0.2, 0) is 14.8 Å². The zero-order valence-electron chi connectivity index (χ0n) is 14.6. The Hall–Kier alpha value is -1.60. The third kappa shape index (κ3) is 3.42. The van der Waals surface area contributed by atoms with Crippen LogP contribution in [-0.4, -0.2) is 43.5 Å². The molecule has 134 valence electrons. The lowest BCUT2D eigenvalue weighted by Gasteiger charge is -2.32. The fourth-order valence-electron chi connectivity index (χ4n) is 3.15. The molecule has 1 fully saturated rings. The predicted molar refractivity (Wildman–Crippen MR) is 91.0 cm³/mol. The highest BCUT2D eigenvalue weighted by Gasteiger charge is 2.38. The lowest BCUT2D eigenvalue weighted by molar-refractivity contribution is -0.142. The molecule has 1 aromatic rings. The number of aliphatic carboxylic acids is 1. The summed E-state index contributed by atoms with van der Waals surface area (Å²) in [5, 5.41) is 9.39. The van der Waals surface area contributed by atoms with E-state index >= 15 is 0 Å². The molecule has 1 aliphatic rings. The average Bonchev–Trinajstić information content (AvgIpc) is 2.53. The number of piperidine rings is 1. The van der Waals surface area contributed by atoms with E-state index in [0.717, 1.165) is 16.3 Å². The van der Waals surface area contributed by atoms with E-state index in [2.05, 4.69) is 0 Å². The smallest absolute Gasteiger partial charge is 0.322 e. The summed E-state index contributed by atoms with van der Waals surface area (Å²) in [6, 6.07) is 2.34. The molecule has 1 heterocycles. The molecule has 0 saturated carbocycles. The zero-order valence-corrected chi connectivity index (χ0v) is 15.4. The minimum absolute atomic E-state index is 0.0890. The standard InChI is InChI=1S/C17H25NO5S/c1-11(2)13-10-16(12(3)9-15(13)23-4)24(21,22)18-8-6-5-7-14(18)17(19)20/h9-11,14H,5-8H2,1-4H3,(H,19,20). The Balaban J connectivity index is 2.56. The van der Waals surface area contributed by atoms with Gasteiger partial charge in [-0.2, -0.15) is 4.31 Å². The zero-order chi connectivity index (χ0) is 18.1. The van der Waals surface area contributed by atoms with E-state index in [1.165, 1.54) is 0 Å². The van der Waals surface area contributed by atoms with E-state index in [9.17, 15) is 18.3 Å². The summed E-state index contributed by atoms with van der Waals surface area (Å²) in [5.41, 5.74) is 1.36. The first-order chi connectivity index (χ1) is 11.2. The summed E-state index contributed by atoms with van der Waals surface area (Å²) >= 11 is 0. The van der Waals surface area contributed by atoms with Crippen molar-refractivity contribution in [2.24, 2.45) is 0 Å². The summed E-state index contributed by atoms with van der Waals surface area (Å²) in [4.78, 5) is 11.6. The van der Waals surface area contributed by atoms with Crippen molar-refractivity contribution in [3.63, 3.8) is 0 Å². The summed E-state index contributed by atoms with van der Waals surface area (Å²) < 4.78 is 32.7. The van der Waals surface area contributed by atoms with Gasteiger partial charge >= 0.3 is 5.97 Å². The number of nitrogens with zero attached hydrogens (tertiary/aromatic N) is 1. The molecular formula is C17H25NO5S. The van der Waals surface area contributed by atoms with Crippen molar-refractivity contribution < 1.29 is 23.1 Å². The Morgan fingerprint density at radius 3 is 2.54 bits per heavy atom. The summed E-state index contributed by atoms with van der Waals surface area (Å²) in [6.45, 7) is 5.87. The van der Waals surface area contributed by atoms with Crippen molar-refractivity contribution in [1.29, 1.82) is 0 Å². The Morgan fingerprint density at radius 2 is 2.00 bits per heavy atom. The number of carboxylic acid groups (broad SMARTS) is 1. The van der Waals surface area contributed by atoms with Crippen molar-refractivity contribution in [3.8, 4) is 5.75 Å². The SMILES string of the molecule is COc1cc(C)c(S(=O)(=O)N2CCCCC2C(=O)O)cc1C(C)C. The lowest BCUT2D eigenvalue weighted by atomic mass is 10.0. The van der Waals surface area contributed by atoms with Crippen LogP contribution in [0.5, 0.6) is 5.75 Å². The number of hydrogen-bond acceptors (Lipinski definition) is 4. The van der Waals surface area contributed by atoms with Crippen molar-refractivity contribution in [2.45, 2.75) is 56.9 Å². The van der Waals surface area contributed by atoms with E-state index in [1.807, 2.05) is 13.8 Å². The maximum absolute atomic E-state index is 13.1. The van der Waals surface area contributed by atoms with Crippen LogP contribution in [0.3, 0.4) is 0 Å². The van der Waals surface area contributed by atoms with Crippen LogP contribution in [0.2, 0.25) is 0 Å². The van der Waals surface area contributed by atoms with Gasteiger partial charge in [0.05, 0.1) is 12.0 Å². The number of carboxylic acids is 1. The second kappa shape index (κ2) is 7.11. The predicted octanol–water partition coefficient (Wildman–Crippen LogP) is 2.75. The highest BCUT2D eigenvalue weighted by Crippen LogP contribution is 2.34. The molecule has 1 aliphatic heterocycles. The number of aryl methyl sites for hydroxylation is 1. The number of sulfonamides is 1. The number of carbonyl (C=O) groups is 1. The fraction of sp³-hybridized carbons (Fsp3) is 0.588. The van der Waals surface area contributed by atoms with Crippen molar-refractivity contribution >= 4 is 16.0 Å². The molecule has 7 heteroatoms. The number of hydrogen-bond donors (Lipinski definition) is 1. The van der Waals surface area contributed by atoms with Crippen molar-refractivity contribution in [3.05, 3.63) is 23.3 Å². The first-order valence-corrected chi connectivity index (χ1v) is 9.57. The average molecular weight is 355 g/mol. The molecule has 24 heavy (non-hydrogen) atoms. The first-order valence-electron chi connectivity index (χ1n) is 8.13. The fourth-order valence-corrected chi connectivity index (χ4v) is 5.04. The molecule has 0 radical (unpaired) electrons. The second-order valence-electron chi connectivity index (χ2n) is 6.48. The van der Waals surface area contributed by atoms with E-state index in [-0.39, 0.29) is 17.4 Å². The minimum atomic E-state index is -3.87. The highest BCUT2D eigenvalue weighted by atomic mass is 32.2. The molecule has 0 aromatic heterocycles. The topological polar surface area (TPSA) is 83.9 Å². The van der Waals surface area contributed by atoms with Crippen LogP contribution >= 0.6 is 0 Å². The molecule has 0 aliphatic carbocycles. The lowest BCUT2D eigenvalue weighted by Crippen LogP contribution is -2.48. The number of rotatable bonds is 5. The monoisotopic (exact) mass is 355 g/mol. The maximum atomic E-state index is 13.1. The van der Waals surface area contributed by atoms with Gasteiger partial charge in [-0.15, -0.1) is 0 Å². The second-order valence-corrected chi connectivity index (χ2v) is 8.34. The van der Waals surface area contributed by atoms with Gasteiger partial charge in [-0.05, 0) is 55.4 Å². The van der Waals surface area contributed by atoms with Gasteiger partial charge in [-0.25, -0.2) is 8.42 Å². The van der Waals surface area contributed by atoms with E-state index in [1.54, 1.807) is 26.2 Å². The third-order valence-electron chi connectivity index (χ3n) is 4.47. The Labute approximate surface area is 143 Å². The Bertz CT molecular complexity index is 727. The Morgan fingerprint density at radius 1 is 1.33 bits per heavy atom. The molecule has 1 aromatic carbocycles. The van der Waals surface area contributed by atoms with Gasteiger partial charge in [-0.3, -0.25) is 4.79 Å². The highest BCUT2D eigenvalue weighted by molar-refractivity contribution is 7.89. The van der Waals surface area contributed by atoms with Crippen LogP contribution in [0.1, 0.15) is 50.2 Å². The summed E-state index contributed by atoms with van der Waals surface area (Å²) in [5.74, 6) is -0.352. The van der Waals surface area contributed by atoms with Gasteiger partial charge in [0.1, 0.15) is 11.8 Å². The number of methoxy groups -OCH3 is 1. The quantitative estimate of drug-likeness (QED) is 0.878. The van der Waals surface area contributed by atoms with Gasteiger partial charge in [0.2, 0.25) is 10.0 Å². The van der Waals surface area contributed by atoms with Crippen LogP contribution in [0.15, 0.2) is 17.0 Å². The molecular weight excluding hydrogens is 330 g/mol. The molecule has 0 spiro atoms. The summed E-state index contributed by atoms with van der Waals surface area (Å²) in [6.07, 6.45) is 1.75. The molecule has 0 amide bonds. The number of benzene rings is 1. The normalized spacial score (nSPS) is 19.5.